The summed E-state index contributed by atoms with van der Waals surface area (Å²) in [6.45, 7) is 4.78. The van der Waals surface area contributed by atoms with Crippen molar-refractivity contribution in [2.24, 2.45) is 12.8 Å². The third-order valence-electron chi connectivity index (χ3n) is 2.53. The van der Waals surface area contributed by atoms with Gasteiger partial charge in [-0.05, 0) is 6.92 Å². The fourth-order valence-electron chi connectivity index (χ4n) is 1.53. The highest BCUT2D eigenvalue weighted by Gasteiger charge is 2.24. The van der Waals surface area contributed by atoms with Crippen LogP contribution in [0.2, 0.25) is 0 Å². The molecule has 1 aliphatic heterocycles. The normalized spacial score (nSPS) is 19.0. The van der Waals surface area contributed by atoms with Crippen LogP contribution >= 0.6 is 0 Å². The van der Waals surface area contributed by atoms with Crippen LogP contribution in [0.25, 0.3) is 0 Å². The van der Waals surface area contributed by atoms with Crippen molar-refractivity contribution in [1.82, 2.24) is 19.7 Å². The Hall–Kier alpha value is -0.940. The predicted octanol–water partition coefficient (Wildman–Crippen LogP) is -0.734. The first-order valence-corrected chi connectivity index (χ1v) is 4.49. The maximum Gasteiger partial charge on any atom is 0.146 e. The lowest BCUT2D eigenvalue weighted by Crippen LogP contribution is -2.55. The Balaban J connectivity index is 1.98. The van der Waals surface area contributed by atoms with Crippen LogP contribution in [-0.2, 0) is 13.6 Å². The molecule has 5 heteroatoms. The molecule has 2 rings (SSSR count). The van der Waals surface area contributed by atoms with Crippen molar-refractivity contribution in [2.75, 3.05) is 13.1 Å². The molecule has 1 aromatic heterocycles. The number of nitrogens with zero attached hydrogens (tertiary/aromatic N) is 4. The van der Waals surface area contributed by atoms with Crippen LogP contribution in [0.5, 0.6) is 0 Å². The Bertz CT molecular complexity index is 299. The van der Waals surface area contributed by atoms with E-state index in [4.69, 9.17) is 5.73 Å². The molecule has 0 spiro atoms. The summed E-state index contributed by atoms with van der Waals surface area (Å²) in [5.41, 5.74) is 5.68. The zero-order valence-electron chi connectivity index (χ0n) is 8.06. The molecule has 0 radical (unpaired) electrons. The first-order valence-electron chi connectivity index (χ1n) is 4.49. The highest BCUT2D eigenvalue weighted by molar-refractivity contribution is 4.95. The molecule has 1 aliphatic rings. The number of aryl methyl sites for hydroxylation is 1. The molecular formula is C8H15N5. The van der Waals surface area contributed by atoms with E-state index in [0.29, 0.717) is 6.04 Å². The zero-order chi connectivity index (χ0) is 9.42. The van der Waals surface area contributed by atoms with Crippen molar-refractivity contribution in [1.29, 1.82) is 0 Å². The Kier molecular flexibility index (Phi) is 2.05. The van der Waals surface area contributed by atoms with Crippen molar-refractivity contribution in [2.45, 2.75) is 19.5 Å². The Morgan fingerprint density at radius 1 is 1.46 bits per heavy atom. The van der Waals surface area contributed by atoms with Gasteiger partial charge in [0.05, 0.1) is 6.54 Å². The smallest absolute Gasteiger partial charge is 0.146 e. The third kappa shape index (κ3) is 1.57. The predicted molar refractivity (Wildman–Crippen MR) is 49.0 cm³/mol. The lowest BCUT2D eigenvalue weighted by molar-refractivity contribution is 0.137. The molecule has 0 bridgehead atoms. The average Bonchev–Trinajstić information content (AvgIpc) is 2.33. The Morgan fingerprint density at radius 2 is 2.15 bits per heavy atom. The van der Waals surface area contributed by atoms with Gasteiger partial charge in [0, 0.05) is 26.2 Å². The number of nitrogens with two attached hydrogens (primary N) is 1. The van der Waals surface area contributed by atoms with Crippen LogP contribution in [0.3, 0.4) is 0 Å². The number of rotatable bonds is 2. The molecular weight excluding hydrogens is 166 g/mol. The topological polar surface area (TPSA) is 60.0 Å². The second-order valence-electron chi connectivity index (χ2n) is 3.68. The van der Waals surface area contributed by atoms with Gasteiger partial charge in [0.25, 0.3) is 0 Å². The largest absolute Gasteiger partial charge is 0.325 e. The van der Waals surface area contributed by atoms with Gasteiger partial charge in [0.15, 0.2) is 0 Å². The molecule has 72 valence electrons. The van der Waals surface area contributed by atoms with Crippen LogP contribution in [0, 0.1) is 6.92 Å². The van der Waals surface area contributed by atoms with Gasteiger partial charge < -0.3 is 10.3 Å². The summed E-state index contributed by atoms with van der Waals surface area (Å²) >= 11 is 0. The molecule has 13 heavy (non-hydrogen) atoms. The van der Waals surface area contributed by atoms with Gasteiger partial charge in [0.1, 0.15) is 11.6 Å². The monoisotopic (exact) mass is 181 g/mol. The summed E-state index contributed by atoms with van der Waals surface area (Å²) < 4.78 is 2.02. The first-order chi connectivity index (χ1) is 6.16. The molecule has 0 atom stereocenters. The van der Waals surface area contributed by atoms with Gasteiger partial charge in [-0.3, -0.25) is 4.90 Å². The molecule has 5 nitrogen and oxygen atoms in total. The van der Waals surface area contributed by atoms with Gasteiger partial charge >= 0.3 is 0 Å². The summed E-state index contributed by atoms with van der Waals surface area (Å²) in [6, 6.07) is 0.356. The van der Waals surface area contributed by atoms with E-state index in [9.17, 15) is 0 Å². The zero-order valence-corrected chi connectivity index (χ0v) is 8.06. The van der Waals surface area contributed by atoms with Crippen LogP contribution in [0.15, 0.2) is 0 Å². The molecule has 2 heterocycles. The van der Waals surface area contributed by atoms with Crippen LogP contribution in [-0.4, -0.2) is 38.8 Å². The second kappa shape index (κ2) is 3.08. The first kappa shape index (κ1) is 8.65. The summed E-state index contributed by atoms with van der Waals surface area (Å²) in [6.07, 6.45) is 0. The average molecular weight is 181 g/mol. The van der Waals surface area contributed by atoms with E-state index in [0.717, 1.165) is 31.3 Å². The van der Waals surface area contributed by atoms with Crippen molar-refractivity contribution in [3.05, 3.63) is 11.6 Å². The van der Waals surface area contributed by atoms with E-state index in [1.807, 2.05) is 18.5 Å². The third-order valence-corrected chi connectivity index (χ3v) is 2.53. The van der Waals surface area contributed by atoms with Gasteiger partial charge in [-0.25, -0.2) is 0 Å². The molecule has 0 amide bonds. The lowest BCUT2D eigenvalue weighted by Gasteiger charge is -2.36. The fourth-order valence-corrected chi connectivity index (χ4v) is 1.53. The number of aromatic nitrogens is 3. The molecule has 2 N–H and O–H groups in total. The van der Waals surface area contributed by atoms with E-state index in [-0.39, 0.29) is 0 Å². The van der Waals surface area contributed by atoms with Crippen LogP contribution in [0.4, 0.5) is 0 Å². The standard InChI is InChI=1S/C8H15N5/c1-6-10-11-8(12(6)2)5-13-3-7(9)4-13/h7H,3-5,9H2,1-2H3. The van der Waals surface area contributed by atoms with Crippen molar-refractivity contribution in [3.63, 3.8) is 0 Å². The SMILES string of the molecule is Cc1nnc(CN2CC(N)C2)n1C. The van der Waals surface area contributed by atoms with Crippen molar-refractivity contribution < 1.29 is 0 Å². The van der Waals surface area contributed by atoms with Gasteiger partial charge in [0.2, 0.25) is 0 Å². The minimum absolute atomic E-state index is 0.356. The summed E-state index contributed by atoms with van der Waals surface area (Å²) in [7, 11) is 1.99. The molecule has 0 aromatic carbocycles. The Labute approximate surface area is 77.5 Å². The minimum atomic E-state index is 0.356. The maximum atomic E-state index is 5.68. The number of likely N-dealkylation sites (tertiary alicyclic amines) is 1. The summed E-state index contributed by atoms with van der Waals surface area (Å²) in [4.78, 5) is 2.27. The van der Waals surface area contributed by atoms with Crippen molar-refractivity contribution >= 4 is 0 Å². The molecule has 1 aromatic rings. The lowest BCUT2D eigenvalue weighted by atomic mass is 10.1. The van der Waals surface area contributed by atoms with Crippen molar-refractivity contribution in [3.8, 4) is 0 Å². The molecule has 0 aliphatic carbocycles. The van der Waals surface area contributed by atoms with Gasteiger partial charge in [-0.1, -0.05) is 0 Å². The van der Waals surface area contributed by atoms with E-state index >= 15 is 0 Å². The number of hydrogen-bond donors (Lipinski definition) is 1. The molecule has 1 fully saturated rings. The summed E-state index contributed by atoms with van der Waals surface area (Å²) in [5.74, 6) is 1.98. The molecule has 0 saturated carbocycles. The van der Waals surface area contributed by atoms with E-state index in [1.165, 1.54) is 0 Å². The van der Waals surface area contributed by atoms with Crippen LogP contribution < -0.4 is 5.73 Å². The van der Waals surface area contributed by atoms with E-state index in [2.05, 4.69) is 15.1 Å². The molecule has 1 saturated heterocycles. The second-order valence-corrected chi connectivity index (χ2v) is 3.68. The number of hydrogen-bond acceptors (Lipinski definition) is 4. The fraction of sp³-hybridized carbons (Fsp3) is 0.750. The van der Waals surface area contributed by atoms with Gasteiger partial charge in [-0.15, -0.1) is 10.2 Å². The van der Waals surface area contributed by atoms with Gasteiger partial charge in [-0.2, -0.15) is 0 Å². The van der Waals surface area contributed by atoms with E-state index in [1.54, 1.807) is 0 Å². The Morgan fingerprint density at radius 3 is 2.62 bits per heavy atom. The van der Waals surface area contributed by atoms with E-state index < -0.39 is 0 Å². The highest BCUT2D eigenvalue weighted by atomic mass is 15.3. The molecule has 0 unspecified atom stereocenters. The highest BCUT2D eigenvalue weighted by Crippen LogP contribution is 2.10. The minimum Gasteiger partial charge on any atom is -0.325 e. The van der Waals surface area contributed by atoms with Crippen LogP contribution in [0.1, 0.15) is 11.6 Å². The quantitative estimate of drug-likeness (QED) is 0.653. The maximum absolute atomic E-state index is 5.68. The summed E-state index contributed by atoms with van der Waals surface area (Å²) in [5, 5.41) is 8.09.